The normalized spacial score (nSPS) is 10.6. The van der Waals surface area contributed by atoms with Gasteiger partial charge in [0.25, 0.3) is 0 Å². The largest absolute Gasteiger partial charge is 0.494 e. The van der Waals surface area contributed by atoms with Crippen molar-refractivity contribution < 1.29 is 22.7 Å². The van der Waals surface area contributed by atoms with Crippen LogP contribution in [0.25, 0.3) is 5.69 Å². The molecule has 0 radical (unpaired) electrons. The van der Waals surface area contributed by atoms with Gasteiger partial charge >= 0.3 is 6.03 Å². The number of methoxy groups -OCH3 is 1. The van der Waals surface area contributed by atoms with Crippen LogP contribution in [0.3, 0.4) is 0 Å². The Kier molecular flexibility index (Phi) is 5.53. The van der Waals surface area contributed by atoms with Crippen LogP contribution < -0.4 is 15.4 Å². The lowest BCUT2D eigenvalue weighted by atomic mass is 10.2. The van der Waals surface area contributed by atoms with Crippen LogP contribution in [0.2, 0.25) is 0 Å². The first-order chi connectivity index (χ1) is 13.4. The van der Waals surface area contributed by atoms with Crippen molar-refractivity contribution in [1.29, 1.82) is 0 Å². The second-order valence-corrected chi connectivity index (χ2v) is 5.99. The van der Waals surface area contributed by atoms with Crippen LogP contribution in [-0.2, 0) is 6.54 Å². The molecule has 1 aromatic heterocycles. The second-order valence-electron chi connectivity index (χ2n) is 5.99. The monoisotopic (exact) mass is 390 g/mol. The molecule has 0 saturated carbocycles. The van der Waals surface area contributed by atoms with E-state index in [0.717, 1.165) is 23.5 Å². The maximum atomic E-state index is 13.2. The molecule has 2 amide bonds. The fraction of sp³-hybridized carbons (Fsp3) is 0.158. The zero-order valence-electron chi connectivity index (χ0n) is 15.1. The highest BCUT2D eigenvalue weighted by Crippen LogP contribution is 2.26. The van der Waals surface area contributed by atoms with Crippen molar-refractivity contribution in [1.82, 2.24) is 14.9 Å². The van der Waals surface area contributed by atoms with E-state index >= 15 is 0 Å². The summed E-state index contributed by atoms with van der Waals surface area (Å²) in [6.07, 6.45) is 3.48. The summed E-state index contributed by atoms with van der Waals surface area (Å²) in [7, 11) is 1.50. The van der Waals surface area contributed by atoms with Crippen LogP contribution in [0.4, 0.5) is 23.7 Å². The van der Waals surface area contributed by atoms with E-state index in [1.165, 1.54) is 7.11 Å². The van der Waals surface area contributed by atoms with Gasteiger partial charge in [-0.3, -0.25) is 0 Å². The van der Waals surface area contributed by atoms with Crippen LogP contribution in [0.1, 0.15) is 11.3 Å². The van der Waals surface area contributed by atoms with Gasteiger partial charge in [0.05, 0.1) is 24.8 Å². The van der Waals surface area contributed by atoms with Gasteiger partial charge in [-0.15, -0.1) is 0 Å². The summed E-state index contributed by atoms with van der Waals surface area (Å²) in [6, 6.07) is 6.09. The van der Waals surface area contributed by atoms with Gasteiger partial charge in [-0.25, -0.2) is 22.9 Å². The van der Waals surface area contributed by atoms with Crippen LogP contribution in [0.5, 0.6) is 5.75 Å². The number of carbonyl (C=O) groups is 1. The zero-order chi connectivity index (χ0) is 20.3. The number of benzene rings is 2. The Bertz CT molecular complexity index is 997. The Balaban J connectivity index is 1.67. The Morgan fingerprint density at radius 2 is 1.89 bits per heavy atom. The van der Waals surface area contributed by atoms with Gasteiger partial charge < -0.3 is 19.9 Å². The van der Waals surface area contributed by atoms with Gasteiger partial charge in [-0.05, 0) is 36.8 Å². The third kappa shape index (κ3) is 4.25. The Morgan fingerprint density at radius 3 is 2.50 bits per heavy atom. The molecule has 6 nitrogen and oxygen atoms in total. The summed E-state index contributed by atoms with van der Waals surface area (Å²) in [6.45, 7) is 1.69. The first-order valence-corrected chi connectivity index (χ1v) is 8.24. The number of hydrogen-bond acceptors (Lipinski definition) is 3. The van der Waals surface area contributed by atoms with Crippen molar-refractivity contribution in [3.8, 4) is 11.4 Å². The summed E-state index contributed by atoms with van der Waals surface area (Å²) in [4.78, 5) is 16.2. The van der Waals surface area contributed by atoms with Crippen molar-refractivity contribution in [3.05, 3.63) is 71.6 Å². The average molecular weight is 390 g/mol. The molecule has 3 aromatic rings. The number of nitrogens with zero attached hydrogens (tertiary/aromatic N) is 2. The van der Waals surface area contributed by atoms with Gasteiger partial charge in [0.2, 0.25) is 0 Å². The fourth-order valence-electron chi connectivity index (χ4n) is 2.59. The quantitative estimate of drug-likeness (QED) is 0.649. The lowest BCUT2D eigenvalue weighted by Gasteiger charge is -2.13. The number of amides is 2. The topological polar surface area (TPSA) is 68.2 Å². The average Bonchev–Trinajstić information content (AvgIpc) is 3.10. The van der Waals surface area contributed by atoms with Crippen molar-refractivity contribution in [3.63, 3.8) is 0 Å². The second kappa shape index (κ2) is 8.03. The van der Waals surface area contributed by atoms with E-state index in [-0.39, 0.29) is 12.1 Å². The van der Waals surface area contributed by atoms with Gasteiger partial charge in [0.1, 0.15) is 5.75 Å². The van der Waals surface area contributed by atoms with Gasteiger partial charge in [0, 0.05) is 24.5 Å². The van der Waals surface area contributed by atoms with Crippen LogP contribution in [0, 0.1) is 24.4 Å². The van der Waals surface area contributed by atoms with E-state index in [1.54, 1.807) is 29.1 Å². The van der Waals surface area contributed by atoms with E-state index < -0.39 is 23.5 Å². The number of ether oxygens (including phenoxy) is 1. The summed E-state index contributed by atoms with van der Waals surface area (Å²) in [5, 5.41) is 5.04. The van der Waals surface area contributed by atoms with Crippen LogP contribution >= 0.6 is 0 Å². The molecule has 0 aliphatic rings. The first-order valence-electron chi connectivity index (χ1n) is 8.24. The number of halogens is 3. The van der Waals surface area contributed by atoms with Crippen LogP contribution in [-0.4, -0.2) is 22.7 Å². The minimum Gasteiger partial charge on any atom is -0.494 e. The number of aryl methyl sites for hydroxylation is 1. The molecule has 0 spiro atoms. The van der Waals surface area contributed by atoms with Crippen molar-refractivity contribution in [2.45, 2.75) is 13.5 Å². The molecule has 0 atom stereocenters. The molecule has 0 bridgehead atoms. The lowest BCUT2D eigenvalue weighted by Crippen LogP contribution is -2.28. The standard InChI is InChI=1S/C19H17F3N4O2/c1-11-9-26(10-24-11)16-4-3-13(7-17(16)28-2)25-19(27)23-8-12-5-14(20)18(22)15(21)6-12/h3-7,9-10H,8H2,1-2H3,(H2,23,25,27). The van der Waals surface area contributed by atoms with Gasteiger partial charge in [-0.2, -0.15) is 0 Å². The number of imidazole rings is 1. The Hall–Kier alpha value is -3.49. The molecule has 28 heavy (non-hydrogen) atoms. The molecule has 2 aromatic carbocycles. The van der Waals surface area contributed by atoms with Crippen molar-refractivity contribution in [2.75, 3.05) is 12.4 Å². The highest BCUT2D eigenvalue weighted by molar-refractivity contribution is 5.89. The predicted molar refractivity (Wildman–Crippen MR) is 97.0 cm³/mol. The van der Waals surface area contributed by atoms with Crippen molar-refractivity contribution >= 4 is 11.7 Å². The SMILES string of the molecule is COc1cc(NC(=O)NCc2cc(F)c(F)c(F)c2)ccc1-n1cnc(C)c1. The van der Waals surface area contributed by atoms with E-state index in [4.69, 9.17) is 4.74 Å². The highest BCUT2D eigenvalue weighted by Gasteiger charge is 2.12. The molecule has 0 aliphatic heterocycles. The summed E-state index contributed by atoms with van der Waals surface area (Å²) < 4.78 is 46.5. The number of carbonyl (C=O) groups excluding carboxylic acids is 1. The minimum absolute atomic E-state index is 0.0926. The van der Waals surface area contributed by atoms with E-state index in [2.05, 4.69) is 15.6 Å². The molecule has 146 valence electrons. The molecule has 1 heterocycles. The van der Waals surface area contributed by atoms with Gasteiger partial charge in [-0.1, -0.05) is 0 Å². The van der Waals surface area contributed by atoms with E-state index in [9.17, 15) is 18.0 Å². The Labute approximate surface area is 159 Å². The molecule has 9 heteroatoms. The number of anilines is 1. The number of aromatic nitrogens is 2. The van der Waals surface area contributed by atoms with Crippen molar-refractivity contribution in [2.24, 2.45) is 0 Å². The summed E-state index contributed by atoms with van der Waals surface area (Å²) in [5.41, 5.74) is 2.13. The van der Waals surface area contributed by atoms with E-state index in [0.29, 0.717) is 11.4 Å². The third-order valence-electron chi connectivity index (χ3n) is 3.92. The lowest BCUT2D eigenvalue weighted by molar-refractivity contribution is 0.251. The molecule has 0 aliphatic carbocycles. The predicted octanol–water partition coefficient (Wildman–Crippen LogP) is 3.93. The number of rotatable bonds is 5. The zero-order valence-corrected chi connectivity index (χ0v) is 15.1. The smallest absolute Gasteiger partial charge is 0.319 e. The molecule has 0 fully saturated rings. The minimum atomic E-state index is -1.55. The maximum Gasteiger partial charge on any atom is 0.319 e. The molecule has 2 N–H and O–H groups in total. The van der Waals surface area contributed by atoms with Crippen LogP contribution in [0.15, 0.2) is 42.9 Å². The molecule has 3 rings (SSSR count). The molecule has 0 unspecified atom stereocenters. The molecular weight excluding hydrogens is 373 g/mol. The van der Waals surface area contributed by atoms with Gasteiger partial charge in [0.15, 0.2) is 17.5 Å². The number of urea groups is 1. The summed E-state index contributed by atoms with van der Waals surface area (Å²) in [5.74, 6) is -3.66. The molecule has 0 saturated heterocycles. The first kappa shape index (κ1) is 19.3. The number of hydrogen-bond donors (Lipinski definition) is 2. The fourth-order valence-corrected chi connectivity index (χ4v) is 2.59. The summed E-state index contributed by atoms with van der Waals surface area (Å²) >= 11 is 0. The van der Waals surface area contributed by atoms with E-state index in [1.807, 2.05) is 13.1 Å². The third-order valence-corrected chi connectivity index (χ3v) is 3.92. The highest BCUT2D eigenvalue weighted by atomic mass is 19.2. The maximum absolute atomic E-state index is 13.2. The molecular formula is C19H17F3N4O2. The Morgan fingerprint density at radius 1 is 1.18 bits per heavy atom. The number of nitrogens with one attached hydrogen (secondary N) is 2.